The van der Waals surface area contributed by atoms with Gasteiger partial charge in [-0.05, 0) is 54.5 Å². The summed E-state index contributed by atoms with van der Waals surface area (Å²) < 4.78 is 0. The highest BCUT2D eigenvalue weighted by molar-refractivity contribution is 7.10. The highest BCUT2D eigenvalue weighted by Crippen LogP contribution is 2.25. The number of nitrogens with zero attached hydrogens (tertiary/aromatic N) is 3. The third-order valence-corrected chi connectivity index (χ3v) is 6.83. The molecule has 1 saturated heterocycles. The number of amides is 1. The molecule has 0 spiro atoms. The molecule has 0 saturated carbocycles. The second kappa shape index (κ2) is 7.41. The zero-order chi connectivity index (χ0) is 18.1. The lowest BCUT2D eigenvalue weighted by Crippen LogP contribution is -2.50. The third kappa shape index (κ3) is 3.51. The Morgan fingerprint density at radius 2 is 1.88 bits per heavy atom. The van der Waals surface area contributed by atoms with Crippen LogP contribution in [0, 0.1) is 13.8 Å². The van der Waals surface area contributed by atoms with E-state index in [9.17, 15) is 4.79 Å². The van der Waals surface area contributed by atoms with Crippen LogP contribution >= 0.6 is 11.3 Å². The van der Waals surface area contributed by atoms with Crippen LogP contribution in [0.15, 0.2) is 29.6 Å². The van der Waals surface area contributed by atoms with Gasteiger partial charge in [-0.25, -0.2) is 0 Å². The largest absolute Gasteiger partial charge is 0.369 e. The minimum atomic E-state index is 0.280. The smallest absolute Gasteiger partial charge is 0.237 e. The first kappa shape index (κ1) is 17.6. The van der Waals surface area contributed by atoms with Crippen LogP contribution in [-0.4, -0.2) is 55.0 Å². The lowest BCUT2D eigenvalue weighted by atomic mass is 10.1. The van der Waals surface area contributed by atoms with Crippen LogP contribution in [0.25, 0.3) is 0 Å². The first-order chi connectivity index (χ1) is 12.6. The molecule has 0 unspecified atom stereocenters. The second-order valence-corrected chi connectivity index (χ2v) is 8.42. The maximum Gasteiger partial charge on any atom is 0.237 e. The molecule has 4 rings (SSSR count). The number of anilines is 1. The van der Waals surface area contributed by atoms with E-state index in [4.69, 9.17) is 0 Å². The van der Waals surface area contributed by atoms with Crippen molar-refractivity contribution in [3.63, 3.8) is 0 Å². The van der Waals surface area contributed by atoms with Crippen LogP contribution in [0.4, 0.5) is 5.69 Å². The molecule has 1 aromatic carbocycles. The zero-order valence-electron chi connectivity index (χ0n) is 15.7. The van der Waals surface area contributed by atoms with E-state index in [1.165, 1.54) is 27.3 Å². The van der Waals surface area contributed by atoms with E-state index in [0.29, 0.717) is 6.54 Å². The van der Waals surface area contributed by atoms with Crippen LogP contribution in [0.2, 0.25) is 0 Å². The lowest BCUT2D eigenvalue weighted by Gasteiger charge is -2.37. The number of aryl methyl sites for hydroxylation is 1. The molecule has 2 aromatic rings. The van der Waals surface area contributed by atoms with Gasteiger partial charge in [0.1, 0.15) is 0 Å². The Balaban J connectivity index is 1.31. The van der Waals surface area contributed by atoms with Gasteiger partial charge in [0.2, 0.25) is 5.91 Å². The normalized spacial score (nSPS) is 18.1. The summed E-state index contributed by atoms with van der Waals surface area (Å²) >= 11 is 1.82. The maximum absolute atomic E-state index is 12.7. The van der Waals surface area contributed by atoms with Crippen molar-refractivity contribution in [2.45, 2.75) is 26.8 Å². The molecule has 1 aromatic heterocycles. The van der Waals surface area contributed by atoms with Gasteiger partial charge in [-0.1, -0.05) is 12.1 Å². The minimum Gasteiger partial charge on any atom is -0.369 e. The SMILES string of the molecule is Cc1cccc(N2CCN(CC(=O)N3CCc4sccc4C3)CC2)c1C. The summed E-state index contributed by atoms with van der Waals surface area (Å²) in [5, 5.41) is 2.14. The predicted molar refractivity (Wildman–Crippen MR) is 108 cm³/mol. The first-order valence-electron chi connectivity index (χ1n) is 9.48. The van der Waals surface area contributed by atoms with Crippen molar-refractivity contribution in [1.29, 1.82) is 0 Å². The van der Waals surface area contributed by atoms with Crippen LogP contribution in [0.3, 0.4) is 0 Å². The molecule has 0 aliphatic carbocycles. The number of carbonyl (C=O) groups is 1. The lowest BCUT2D eigenvalue weighted by molar-refractivity contribution is -0.133. The minimum absolute atomic E-state index is 0.280. The molecular formula is C21H27N3OS. The molecule has 0 bridgehead atoms. The summed E-state index contributed by atoms with van der Waals surface area (Å²) in [6.45, 7) is 10.5. The number of carbonyl (C=O) groups excluding carboxylic acids is 1. The van der Waals surface area contributed by atoms with E-state index in [0.717, 1.165) is 45.7 Å². The fraction of sp³-hybridized carbons (Fsp3) is 0.476. The molecule has 26 heavy (non-hydrogen) atoms. The molecule has 1 fully saturated rings. The van der Waals surface area contributed by atoms with E-state index in [2.05, 4.69) is 53.3 Å². The molecule has 1 amide bonds. The number of hydrogen-bond acceptors (Lipinski definition) is 4. The summed E-state index contributed by atoms with van der Waals surface area (Å²) in [4.78, 5) is 21.0. The van der Waals surface area contributed by atoms with Gasteiger partial charge in [0.25, 0.3) is 0 Å². The summed E-state index contributed by atoms with van der Waals surface area (Å²) in [5.41, 5.74) is 5.40. The molecule has 2 aliphatic rings. The van der Waals surface area contributed by atoms with Gasteiger partial charge in [-0.3, -0.25) is 9.69 Å². The second-order valence-electron chi connectivity index (χ2n) is 7.42. The molecule has 138 valence electrons. The van der Waals surface area contributed by atoms with Gasteiger partial charge in [-0.2, -0.15) is 0 Å². The first-order valence-corrected chi connectivity index (χ1v) is 10.4. The summed E-state index contributed by atoms with van der Waals surface area (Å²) in [7, 11) is 0. The average molecular weight is 370 g/mol. The molecule has 0 radical (unpaired) electrons. The van der Waals surface area contributed by atoms with E-state index >= 15 is 0 Å². The Kier molecular flexibility index (Phi) is 5.00. The number of thiophene rings is 1. The Hall–Kier alpha value is -1.85. The zero-order valence-corrected chi connectivity index (χ0v) is 16.5. The van der Waals surface area contributed by atoms with Crippen molar-refractivity contribution in [2.24, 2.45) is 0 Å². The van der Waals surface area contributed by atoms with Gasteiger partial charge in [0.15, 0.2) is 0 Å². The number of hydrogen-bond donors (Lipinski definition) is 0. The molecule has 3 heterocycles. The molecule has 0 atom stereocenters. The fourth-order valence-electron chi connectivity index (χ4n) is 3.98. The van der Waals surface area contributed by atoms with Crippen molar-refractivity contribution < 1.29 is 4.79 Å². The van der Waals surface area contributed by atoms with Gasteiger partial charge in [0.05, 0.1) is 6.54 Å². The van der Waals surface area contributed by atoms with E-state index < -0.39 is 0 Å². The van der Waals surface area contributed by atoms with Crippen molar-refractivity contribution in [1.82, 2.24) is 9.80 Å². The van der Waals surface area contributed by atoms with Gasteiger partial charge < -0.3 is 9.80 Å². The van der Waals surface area contributed by atoms with Crippen LogP contribution in [0.5, 0.6) is 0 Å². The average Bonchev–Trinajstić information content (AvgIpc) is 3.12. The van der Waals surface area contributed by atoms with Crippen LogP contribution in [-0.2, 0) is 17.8 Å². The number of benzene rings is 1. The van der Waals surface area contributed by atoms with Crippen molar-refractivity contribution in [3.05, 3.63) is 51.2 Å². The van der Waals surface area contributed by atoms with Crippen LogP contribution < -0.4 is 4.90 Å². The van der Waals surface area contributed by atoms with Gasteiger partial charge in [0, 0.05) is 49.8 Å². The molecule has 5 heteroatoms. The molecule has 2 aliphatic heterocycles. The Labute approximate surface area is 160 Å². The topological polar surface area (TPSA) is 26.8 Å². The Bertz CT molecular complexity index is 792. The summed E-state index contributed by atoms with van der Waals surface area (Å²) in [6, 6.07) is 8.70. The van der Waals surface area contributed by atoms with E-state index in [1.54, 1.807) is 0 Å². The van der Waals surface area contributed by atoms with Crippen molar-refractivity contribution >= 4 is 22.9 Å². The molecule has 0 N–H and O–H groups in total. The standard InChI is InChI=1S/C21H27N3OS/c1-16-4-3-5-19(17(16)2)23-11-9-22(10-12-23)15-21(25)24-8-6-20-18(14-24)7-13-26-20/h3-5,7,13H,6,8-12,14-15H2,1-2H3. The van der Waals surface area contributed by atoms with Gasteiger partial charge >= 0.3 is 0 Å². The fourth-order valence-corrected chi connectivity index (χ4v) is 4.87. The summed E-state index contributed by atoms with van der Waals surface area (Å²) in [5.74, 6) is 0.280. The quantitative estimate of drug-likeness (QED) is 0.832. The highest BCUT2D eigenvalue weighted by Gasteiger charge is 2.25. The summed E-state index contributed by atoms with van der Waals surface area (Å²) in [6.07, 6.45) is 1.01. The monoisotopic (exact) mass is 369 g/mol. The molecular weight excluding hydrogens is 342 g/mol. The third-order valence-electron chi connectivity index (χ3n) is 5.81. The number of fused-ring (bicyclic) bond motifs is 1. The van der Waals surface area contributed by atoms with Crippen LogP contribution in [0.1, 0.15) is 21.6 Å². The van der Waals surface area contributed by atoms with Crippen molar-refractivity contribution in [2.75, 3.05) is 44.2 Å². The Morgan fingerprint density at radius 1 is 1.08 bits per heavy atom. The van der Waals surface area contributed by atoms with Crippen molar-refractivity contribution in [3.8, 4) is 0 Å². The maximum atomic E-state index is 12.7. The predicted octanol–water partition coefficient (Wildman–Crippen LogP) is 3.07. The number of rotatable bonds is 3. The molecule has 4 nitrogen and oxygen atoms in total. The highest BCUT2D eigenvalue weighted by atomic mass is 32.1. The van der Waals surface area contributed by atoms with E-state index in [-0.39, 0.29) is 5.91 Å². The van der Waals surface area contributed by atoms with Gasteiger partial charge in [-0.15, -0.1) is 11.3 Å². The van der Waals surface area contributed by atoms with E-state index in [1.807, 2.05) is 16.2 Å². The Morgan fingerprint density at radius 3 is 2.69 bits per heavy atom. The number of piperazine rings is 1.